The van der Waals surface area contributed by atoms with Gasteiger partial charge in [-0.15, -0.1) is 6.58 Å². The van der Waals surface area contributed by atoms with Crippen LogP contribution >= 0.6 is 0 Å². The van der Waals surface area contributed by atoms with E-state index in [0.29, 0.717) is 0 Å². The van der Waals surface area contributed by atoms with E-state index in [1.165, 1.54) is 11.1 Å². The monoisotopic (exact) mass is 238 g/mol. The Morgan fingerprint density at radius 1 is 1.17 bits per heavy atom. The fraction of sp³-hybridized carbons (Fsp3) is 0.188. The molecule has 1 heterocycles. The van der Waals surface area contributed by atoms with Crippen LogP contribution in [-0.4, -0.2) is 4.98 Å². The van der Waals surface area contributed by atoms with Crippen molar-refractivity contribution in [2.24, 2.45) is 0 Å². The Hall–Kier alpha value is -1.93. The van der Waals surface area contributed by atoms with E-state index in [2.05, 4.69) is 47.2 Å². The number of hydrogen-bond acceptors (Lipinski definition) is 2. The van der Waals surface area contributed by atoms with Gasteiger partial charge in [0, 0.05) is 25.0 Å². The first-order chi connectivity index (χ1) is 8.90. The first kappa shape index (κ1) is 12.5. The first-order valence-electron chi connectivity index (χ1n) is 6.18. The summed E-state index contributed by atoms with van der Waals surface area (Å²) in [7, 11) is 0. The predicted octanol–water partition coefficient (Wildman–Crippen LogP) is 3.49. The van der Waals surface area contributed by atoms with Gasteiger partial charge in [-0.25, -0.2) is 0 Å². The molecule has 0 aliphatic rings. The van der Waals surface area contributed by atoms with Crippen molar-refractivity contribution in [3.05, 3.63) is 78.6 Å². The Morgan fingerprint density at radius 3 is 2.67 bits per heavy atom. The third kappa shape index (κ3) is 3.54. The van der Waals surface area contributed by atoms with Crippen molar-refractivity contribution in [1.82, 2.24) is 10.3 Å². The van der Waals surface area contributed by atoms with Crippen LogP contribution in [0.4, 0.5) is 0 Å². The lowest BCUT2D eigenvalue weighted by molar-refractivity contribution is 0.537. The zero-order valence-corrected chi connectivity index (χ0v) is 10.4. The van der Waals surface area contributed by atoms with Crippen molar-refractivity contribution in [1.29, 1.82) is 0 Å². The molecule has 0 radical (unpaired) electrons. The number of nitrogens with one attached hydrogen (secondary N) is 1. The lowest BCUT2D eigenvalue weighted by Gasteiger charge is -2.17. The van der Waals surface area contributed by atoms with Gasteiger partial charge in [0.2, 0.25) is 0 Å². The molecule has 18 heavy (non-hydrogen) atoms. The largest absolute Gasteiger partial charge is 0.306 e. The van der Waals surface area contributed by atoms with Gasteiger partial charge in [0.05, 0.1) is 0 Å². The quantitative estimate of drug-likeness (QED) is 0.779. The first-order valence-corrected chi connectivity index (χ1v) is 6.18. The normalized spacial score (nSPS) is 12.0. The van der Waals surface area contributed by atoms with Crippen LogP contribution in [0.2, 0.25) is 0 Å². The molecule has 1 atom stereocenters. The molecule has 0 saturated carbocycles. The van der Waals surface area contributed by atoms with E-state index in [0.717, 1.165) is 13.0 Å². The van der Waals surface area contributed by atoms with Crippen molar-refractivity contribution >= 4 is 0 Å². The summed E-state index contributed by atoms with van der Waals surface area (Å²) in [4.78, 5) is 4.17. The highest BCUT2D eigenvalue weighted by Crippen LogP contribution is 2.16. The number of aromatic nitrogens is 1. The summed E-state index contributed by atoms with van der Waals surface area (Å²) < 4.78 is 0. The second kappa shape index (κ2) is 6.72. The van der Waals surface area contributed by atoms with Gasteiger partial charge in [-0.3, -0.25) is 4.98 Å². The highest BCUT2D eigenvalue weighted by atomic mass is 14.9. The summed E-state index contributed by atoms with van der Waals surface area (Å²) in [5, 5.41) is 3.54. The zero-order chi connectivity index (χ0) is 12.6. The molecule has 0 spiro atoms. The Labute approximate surface area is 108 Å². The molecule has 0 amide bonds. The van der Waals surface area contributed by atoms with Gasteiger partial charge >= 0.3 is 0 Å². The van der Waals surface area contributed by atoms with Gasteiger partial charge in [0.1, 0.15) is 0 Å². The van der Waals surface area contributed by atoms with Crippen LogP contribution in [0.5, 0.6) is 0 Å². The predicted molar refractivity (Wildman–Crippen MR) is 75.1 cm³/mol. The standard InChI is InChI=1S/C16H18N2/c1-2-7-16(15-10-6-11-17-13-15)18-12-14-8-4-3-5-9-14/h2-6,8-11,13,16,18H,1,7,12H2/t16-/m1/s1. The van der Waals surface area contributed by atoms with E-state index in [9.17, 15) is 0 Å². The molecule has 1 N–H and O–H groups in total. The van der Waals surface area contributed by atoms with E-state index in [-0.39, 0.29) is 6.04 Å². The van der Waals surface area contributed by atoms with E-state index in [1.54, 1.807) is 6.20 Å². The van der Waals surface area contributed by atoms with Gasteiger partial charge in [0.25, 0.3) is 0 Å². The SMILES string of the molecule is C=CC[C@@H](NCc1ccccc1)c1cccnc1. The van der Waals surface area contributed by atoms with Crippen molar-refractivity contribution in [3.8, 4) is 0 Å². The van der Waals surface area contributed by atoms with Gasteiger partial charge in [0.15, 0.2) is 0 Å². The van der Waals surface area contributed by atoms with Crippen LogP contribution in [0.3, 0.4) is 0 Å². The minimum atomic E-state index is 0.274. The average Bonchev–Trinajstić information content (AvgIpc) is 2.45. The molecule has 0 bridgehead atoms. The Morgan fingerprint density at radius 2 is 2.00 bits per heavy atom. The Bertz CT molecular complexity index is 465. The smallest absolute Gasteiger partial charge is 0.0373 e. The number of nitrogens with zero attached hydrogens (tertiary/aromatic N) is 1. The fourth-order valence-corrected chi connectivity index (χ4v) is 1.92. The van der Waals surface area contributed by atoms with Crippen LogP contribution < -0.4 is 5.32 Å². The van der Waals surface area contributed by atoms with Crippen LogP contribution in [0.25, 0.3) is 0 Å². The molecule has 0 aliphatic carbocycles. The molecule has 2 heteroatoms. The third-order valence-corrected chi connectivity index (χ3v) is 2.88. The summed E-state index contributed by atoms with van der Waals surface area (Å²) in [5.74, 6) is 0. The van der Waals surface area contributed by atoms with Crippen LogP contribution in [-0.2, 0) is 6.54 Å². The summed E-state index contributed by atoms with van der Waals surface area (Å²) in [6.45, 7) is 4.68. The van der Waals surface area contributed by atoms with E-state index < -0.39 is 0 Å². The molecular formula is C16H18N2. The van der Waals surface area contributed by atoms with Crippen LogP contribution in [0.15, 0.2) is 67.5 Å². The highest BCUT2D eigenvalue weighted by molar-refractivity contribution is 5.17. The molecule has 92 valence electrons. The summed E-state index contributed by atoms with van der Waals surface area (Å²) in [6, 6.07) is 14.7. The molecule has 1 aromatic carbocycles. The lowest BCUT2D eigenvalue weighted by Crippen LogP contribution is -2.20. The number of pyridine rings is 1. The molecule has 0 saturated heterocycles. The zero-order valence-electron chi connectivity index (χ0n) is 10.4. The molecule has 0 aliphatic heterocycles. The molecule has 2 nitrogen and oxygen atoms in total. The van der Waals surface area contributed by atoms with E-state index in [4.69, 9.17) is 0 Å². The molecule has 0 unspecified atom stereocenters. The molecule has 1 aromatic heterocycles. The highest BCUT2D eigenvalue weighted by Gasteiger charge is 2.08. The van der Waals surface area contributed by atoms with Gasteiger partial charge in [-0.1, -0.05) is 42.5 Å². The fourth-order valence-electron chi connectivity index (χ4n) is 1.92. The van der Waals surface area contributed by atoms with E-state index in [1.807, 2.05) is 24.4 Å². The van der Waals surface area contributed by atoms with Gasteiger partial charge in [-0.05, 0) is 23.6 Å². The maximum Gasteiger partial charge on any atom is 0.0373 e. The van der Waals surface area contributed by atoms with E-state index >= 15 is 0 Å². The molecular weight excluding hydrogens is 220 g/mol. The Balaban J connectivity index is 2.01. The molecule has 2 rings (SSSR count). The third-order valence-electron chi connectivity index (χ3n) is 2.88. The van der Waals surface area contributed by atoms with Crippen LogP contribution in [0.1, 0.15) is 23.6 Å². The number of hydrogen-bond donors (Lipinski definition) is 1. The Kier molecular flexibility index (Phi) is 4.68. The van der Waals surface area contributed by atoms with Gasteiger partial charge in [-0.2, -0.15) is 0 Å². The van der Waals surface area contributed by atoms with Crippen molar-refractivity contribution in [2.75, 3.05) is 0 Å². The molecule has 2 aromatic rings. The lowest BCUT2D eigenvalue weighted by atomic mass is 10.1. The van der Waals surface area contributed by atoms with Crippen LogP contribution in [0, 0.1) is 0 Å². The minimum Gasteiger partial charge on any atom is -0.306 e. The topological polar surface area (TPSA) is 24.9 Å². The maximum absolute atomic E-state index is 4.17. The summed E-state index contributed by atoms with van der Waals surface area (Å²) in [6.07, 6.45) is 6.55. The van der Waals surface area contributed by atoms with Crippen molar-refractivity contribution < 1.29 is 0 Å². The number of rotatable bonds is 6. The maximum atomic E-state index is 4.17. The minimum absolute atomic E-state index is 0.274. The van der Waals surface area contributed by atoms with Crippen molar-refractivity contribution in [3.63, 3.8) is 0 Å². The van der Waals surface area contributed by atoms with Crippen molar-refractivity contribution in [2.45, 2.75) is 19.0 Å². The second-order valence-corrected chi connectivity index (χ2v) is 4.23. The molecule has 0 fully saturated rings. The summed E-state index contributed by atoms with van der Waals surface area (Å²) >= 11 is 0. The number of benzene rings is 1. The summed E-state index contributed by atoms with van der Waals surface area (Å²) in [5.41, 5.74) is 2.49. The van der Waals surface area contributed by atoms with Gasteiger partial charge < -0.3 is 5.32 Å². The average molecular weight is 238 g/mol. The second-order valence-electron chi connectivity index (χ2n) is 4.23.